The Labute approximate surface area is 233 Å². The molecule has 2 aliphatic rings. The monoisotopic (exact) mass is 532 g/mol. The number of fused-ring (bicyclic) bond motifs is 3. The number of hydrogen-bond acceptors (Lipinski definition) is 5. The zero-order valence-corrected chi connectivity index (χ0v) is 23.8. The fraction of sp³-hybridized carbons (Fsp3) is 0.333. The van der Waals surface area contributed by atoms with Crippen molar-refractivity contribution in [1.29, 1.82) is 0 Å². The summed E-state index contributed by atoms with van der Waals surface area (Å²) in [5, 5.41) is 0.735. The Morgan fingerprint density at radius 1 is 0.975 bits per heavy atom. The number of nitrogens with zero attached hydrogens (tertiary/aromatic N) is 3. The molecule has 0 saturated carbocycles. The van der Waals surface area contributed by atoms with Crippen LogP contribution < -0.4 is 10.3 Å². The van der Waals surface area contributed by atoms with E-state index in [1.54, 1.807) is 6.07 Å². The number of pyridine rings is 2. The van der Waals surface area contributed by atoms with E-state index < -0.39 is 0 Å². The number of nitrogens with one attached hydrogen (secondary N) is 1. The summed E-state index contributed by atoms with van der Waals surface area (Å²) in [6, 6.07) is 15.8. The second kappa shape index (κ2) is 8.79. The van der Waals surface area contributed by atoms with Crippen LogP contribution in [0.3, 0.4) is 0 Å². The number of rotatable bonds is 3. The van der Waals surface area contributed by atoms with Crippen LogP contribution in [0, 0.1) is 27.3 Å². The van der Waals surface area contributed by atoms with Gasteiger partial charge in [0.1, 0.15) is 23.4 Å². The minimum Gasteiger partial charge on any atom is -0.471 e. The topological polar surface area (TPSA) is 80.9 Å². The molecule has 2 aromatic carbocycles. The first kappa shape index (κ1) is 25.8. The first-order valence-corrected chi connectivity index (χ1v) is 13.5. The second-order valence-corrected chi connectivity index (χ2v) is 12.0. The third-order valence-electron chi connectivity index (χ3n) is 8.66. The molecule has 1 aliphatic carbocycles. The van der Waals surface area contributed by atoms with E-state index in [2.05, 4.69) is 66.8 Å². The minimum atomic E-state index is -0.272. The van der Waals surface area contributed by atoms with E-state index in [1.165, 1.54) is 11.1 Å². The third kappa shape index (κ3) is 3.74. The summed E-state index contributed by atoms with van der Waals surface area (Å²) in [7, 11) is 0. The highest BCUT2D eigenvalue weighted by Gasteiger charge is 2.55. The predicted octanol–water partition coefficient (Wildman–Crippen LogP) is 6.97. The van der Waals surface area contributed by atoms with Crippen molar-refractivity contribution in [3.05, 3.63) is 104 Å². The largest absolute Gasteiger partial charge is 0.471 e. The molecular formula is C33H32N4O3. The smallest absolute Gasteiger partial charge is 0.274 e. The van der Waals surface area contributed by atoms with E-state index in [0.29, 0.717) is 28.4 Å². The zero-order chi connectivity index (χ0) is 28.6. The lowest BCUT2D eigenvalue weighted by Gasteiger charge is -2.48. The van der Waals surface area contributed by atoms with Crippen LogP contribution in [0.15, 0.2) is 58.3 Å². The predicted molar refractivity (Wildman–Crippen MR) is 157 cm³/mol. The molecular weight excluding hydrogens is 500 g/mol. The Morgan fingerprint density at radius 3 is 2.38 bits per heavy atom. The minimum absolute atomic E-state index is 0.0915. The van der Waals surface area contributed by atoms with Gasteiger partial charge in [-0.3, -0.25) is 4.79 Å². The SMILES string of the molecule is [C-]#[N+]c1c(C)c(Oc2ccc3cc(C)[nH]c(=O)c3n2)cc(C2=N[C@@H]3C(O2)C(C)(C)c2ccccc2C3(C)C)c1C. The lowest BCUT2D eigenvalue weighted by Crippen LogP contribution is -2.54. The number of aryl methyl sites for hydroxylation is 1. The molecule has 2 atom stereocenters. The number of aromatic amines is 1. The van der Waals surface area contributed by atoms with Gasteiger partial charge in [-0.25, -0.2) is 14.8 Å². The third-order valence-corrected chi connectivity index (χ3v) is 8.66. The van der Waals surface area contributed by atoms with Crippen molar-refractivity contribution in [2.45, 2.75) is 71.4 Å². The Bertz CT molecular complexity index is 1840. The first-order valence-electron chi connectivity index (χ1n) is 13.5. The van der Waals surface area contributed by atoms with Crippen LogP contribution in [0.4, 0.5) is 5.69 Å². The molecule has 0 radical (unpaired) electrons. The van der Waals surface area contributed by atoms with Crippen molar-refractivity contribution in [2.75, 3.05) is 0 Å². The normalized spacial score (nSPS) is 20.2. The van der Waals surface area contributed by atoms with Gasteiger partial charge in [-0.15, -0.1) is 0 Å². The van der Waals surface area contributed by atoms with E-state index in [9.17, 15) is 4.79 Å². The van der Waals surface area contributed by atoms with Crippen molar-refractivity contribution in [1.82, 2.24) is 9.97 Å². The molecule has 3 heterocycles. The number of aliphatic imine (C=N–C) groups is 1. The molecule has 40 heavy (non-hydrogen) atoms. The highest BCUT2D eigenvalue weighted by Crippen LogP contribution is 2.51. The van der Waals surface area contributed by atoms with Crippen molar-refractivity contribution in [2.24, 2.45) is 4.99 Å². The van der Waals surface area contributed by atoms with Crippen LogP contribution in [0.25, 0.3) is 15.7 Å². The van der Waals surface area contributed by atoms with Crippen LogP contribution in [0.1, 0.15) is 61.2 Å². The number of H-pyrrole nitrogens is 1. The number of benzene rings is 2. The zero-order valence-electron chi connectivity index (χ0n) is 23.8. The fourth-order valence-electron chi connectivity index (χ4n) is 6.34. The molecule has 2 aromatic heterocycles. The molecule has 202 valence electrons. The van der Waals surface area contributed by atoms with Crippen molar-refractivity contribution < 1.29 is 9.47 Å². The quantitative estimate of drug-likeness (QED) is 0.289. The maximum atomic E-state index is 12.5. The summed E-state index contributed by atoms with van der Waals surface area (Å²) < 4.78 is 12.9. The highest BCUT2D eigenvalue weighted by molar-refractivity contribution is 5.99. The van der Waals surface area contributed by atoms with E-state index in [-0.39, 0.29) is 34.4 Å². The molecule has 0 saturated heterocycles. The van der Waals surface area contributed by atoms with Gasteiger partial charge in [0.25, 0.3) is 5.56 Å². The first-order chi connectivity index (χ1) is 18.9. The molecule has 1 N–H and O–H groups in total. The van der Waals surface area contributed by atoms with E-state index in [4.69, 9.17) is 21.0 Å². The van der Waals surface area contributed by atoms with Crippen molar-refractivity contribution in [3.8, 4) is 11.6 Å². The molecule has 7 heteroatoms. The second-order valence-electron chi connectivity index (χ2n) is 12.0. The molecule has 0 fully saturated rings. The summed E-state index contributed by atoms with van der Waals surface area (Å²) in [6.07, 6.45) is -0.161. The van der Waals surface area contributed by atoms with E-state index in [1.807, 2.05) is 39.0 Å². The Hall–Kier alpha value is -4.44. The van der Waals surface area contributed by atoms with E-state index >= 15 is 0 Å². The highest BCUT2D eigenvalue weighted by atomic mass is 16.5. The van der Waals surface area contributed by atoms with Crippen molar-refractivity contribution in [3.63, 3.8) is 0 Å². The summed E-state index contributed by atoms with van der Waals surface area (Å²) in [6.45, 7) is 22.4. The van der Waals surface area contributed by atoms with Crippen LogP contribution >= 0.6 is 0 Å². The molecule has 4 aromatic rings. The van der Waals surface area contributed by atoms with Crippen LogP contribution in [-0.4, -0.2) is 28.0 Å². The number of hydrogen-bond donors (Lipinski definition) is 1. The summed E-state index contributed by atoms with van der Waals surface area (Å²) in [5.74, 6) is 1.27. The lowest BCUT2D eigenvalue weighted by atomic mass is 9.59. The Morgan fingerprint density at radius 2 is 1.68 bits per heavy atom. The van der Waals surface area contributed by atoms with Gasteiger partial charge in [0.2, 0.25) is 11.8 Å². The Balaban J connectivity index is 1.44. The van der Waals surface area contributed by atoms with Crippen LogP contribution in [-0.2, 0) is 15.6 Å². The van der Waals surface area contributed by atoms with Crippen molar-refractivity contribution >= 4 is 22.5 Å². The van der Waals surface area contributed by atoms with Gasteiger partial charge < -0.3 is 14.5 Å². The molecule has 6 rings (SSSR count). The number of ether oxygens (including phenoxy) is 2. The average molecular weight is 533 g/mol. The maximum Gasteiger partial charge on any atom is 0.274 e. The number of aromatic nitrogens is 2. The molecule has 0 amide bonds. The van der Waals surface area contributed by atoms with E-state index in [0.717, 1.165) is 22.2 Å². The van der Waals surface area contributed by atoms with Gasteiger partial charge >= 0.3 is 0 Å². The molecule has 7 nitrogen and oxygen atoms in total. The average Bonchev–Trinajstić information content (AvgIpc) is 3.38. The van der Waals surface area contributed by atoms with Crippen LogP contribution in [0.2, 0.25) is 0 Å². The fourth-order valence-corrected chi connectivity index (χ4v) is 6.34. The van der Waals surface area contributed by atoms with Gasteiger partial charge in [0, 0.05) is 33.5 Å². The maximum absolute atomic E-state index is 12.5. The van der Waals surface area contributed by atoms with Gasteiger partial charge in [-0.05, 0) is 61.2 Å². The van der Waals surface area contributed by atoms with Gasteiger partial charge in [-0.1, -0.05) is 52.0 Å². The summed E-state index contributed by atoms with van der Waals surface area (Å²) in [4.78, 5) is 28.8. The summed E-state index contributed by atoms with van der Waals surface area (Å²) >= 11 is 0. The Kier molecular flexibility index (Phi) is 5.67. The van der Waals surface area contributed by atoms with Gasteiger partial charge in [0.05, 0.1) is 6.57 Å². The lowest BCUT2D eigenvalue weighted by molar-refractivity contribution is 0.0759. The van der Waals surface area contributed by atoms with Crippen LogP contribution in [0.5, 0.6) is 11.6 Å². The molecule has 1 unspecified atom stereocenters. The molecule has 0 spiro atoms. The molecule has 1 aliphatic heterocycles. The summed E-state index contributed by atoms with van der Waals surface area (Å²) in [5.41, 5.74) is 5.56. The van der Waals surface area contributed by atoms with Gasteiger partial charge in [0.15, 0.2) is 5.69 Å². The van der Waals surface area contributed by atoms with Gasteiger partial charge in [-0.2, -0.15) is 0 Å². The standard InChI is InChI=1S/C33H32N4O3/c1-17-15-20-13-14-25(36-27(20)30(38)35-17)39-24-16-21(18(2)26(34-8)19(24)3)31-37-28-29(40-31)33(6,7)23-12-10-9-11-22(23)32(28,4)5/h9-16,28-29H,1-7H3,(H,35,38)/t28-,29?/m1/s1. The molecule has 0 bridgehead atoms.